The topological polar surface area (TPSA) is 29.5 Å². The molecule has 0 saturated heterocycles. The molecule has 4 rings (SSSR count). The molecule has 2 saturated carbocycles. The zero-order valence-electron chi connectivity index (χ0n) is 10.9. The normalized spacial score (nSPS) is 32.6. The Morgan fingerprint density at radius 2 is 2.11 bits per heavy atom. The van der Waals surface area contributed by atoms with Crippen molar-refractivity contribution in [1.82, 2.24) is 0 Å². The van der Waals surface area contributed by atoms with E-state index in [9.17, 15) is 5.11 Å². The SMILES string of the molecule is OC(Cc1cc(Br)cc2c1OCC2)C1C2CCCC21. The molecule has 1 aromatic carbocycles. The van der Waals surface area contributed by atoms with Crippen LogP contribution in [0.15, 0.2) is 16.6 Å². The average Bonchev–Trinajstić information content (AvgIpc) is 2.79. The minimum atomic E-state index is -0.183. The molecule has 2 fully saturated rings. The molecule has 1 N–H and O–H groups in total. The van der Waals surface area contributed by atoms with Gasteiger partial charge in [0.25, 0.3) is 0 Å². The van der Waals surface area contributed by atoms with Crippen LogP contribution in [0, 0.1) is 17.8 Å². The molecule has 0 bridgehead atoms. The number of halogens is 1. The second-order valence-electron chi connectivity index (χ2n) is 6.26. The monoisotopic (exact) mass is 322 g/mol. The van der Waals surface area contributed by atoms with E-state index in [4.69, 9.17) is 4.74 Å². The van der Waals surface area contributed by atoms with Crippen LogP contribution in [-0.2, 0) is 12.8 Å². The summed E-state index contributed by atoms with van der Waals surface area (Å²) in [6.45, 7) is 0.781. The maximum Gasteiger partial charge on any atom is 0.125 e. The fourth-order valence-corrected chi connectivity index (χ4v) is 4.86. The average molecular weight is 323 g/mol. The summed E-state index contributed by atoms with van der Waals surface area (Å²) < 4.78 is 6.85. The van der Waals surface area contributed by atoms with Crippen molar-refractivity contribution < 1.29 is 9.84 Å². The number of hydrogen-bond donors (Lipinski definition) is 1. The summed E-state index contributed by atoms with van der Waals surface area (Å²) in [6.07, 6.45) is 5.59. The van der Waals surface area contributed by atoms with Crippen molar-refractivity contribution in [3.8, 4) is 5.75 Å². The van der Waals surface area contributed by atoms with Gasteiger partial charge in [-0.2, -0.15) is 0 Å². The zero-order chi connectivity index (χ0) is 13.0. The third kappa shape index (κ3) is 2.02. The predicted molar refractivity (Wildman–Crippen MR) is 77.4 cm³/mol. The molecular formula is C16H19BrO2. The molecule has 0 spiro atoms. The molecule has 0 aromatic heterocycles. The first-order chi connectivity index (χ1) is 9.24. The first kappa shape index (κ1) is 12.2. The van der Waals surface area contributed by atoms with Gasteiger partial charge < -0.3 is 9.84 Å². The highest BCUT2D eigenvalue weighted by Crippen LogP contribution is 2.59. The van der Waals surface area contributed by atoms with Crippen LogP contribution < -0.4 is 4.74 Å². The third-order valence-corrected chi connectivity index (χ3v) is 5.63. The Morgan fingerprint density at radius 1 is 1.32 bits per heavy atom. The van der Waals surface area contributed by atoms with Crippen LogP contribution in [0.4, 0.5) is 0 Å². The Balaban J connectivity index is 1.54. The Bertz CT molecular complexity index is 504. The zero-order valence-corrected chi connectivity index (χ0v) is 12.5. The number of benzene rings is 1. The van der Waals surface area contributed by atoms with Gasteiger partial charge in [-0.3, -0.25) is 0 Å². The van der Waals surface area contributed by atoms with E-state index in [1.165, 1.54) is 30.4 Å². The second-order valence-corrected chi connectivity index (χ2v) is 7.17. The fourth-order valence-electron chi connectivity index (χ4n) is 4.31. The second kappa shape index (κ2) is 4.49. The van der Waals surface area contributed by atoms with E-state index in [-0.39, 0.29) is 6.10 Å². The van der Waals surface area contributed by atoms with Gasteiger partial charge in [-0.15, -0.1) is 0 Å². The molecule has 2 nitrogen and oxygen atoms in total. The van der Waals surface area contributed by atoms with Crippen LogP contribution in [-0.4, -0.2) is 17.8 Å². The number of fused-ring (bicyclic) bond motifs is 2. The summed E-state index contributed by atoms with van der Waals surface area (Å²) in [5.41, 5.74) is 2.46. The first-order valence-corrected chi connectivity index (χ1v) is 8.15. The molecule has 102 valence electrons. The molecule has 1 heterocycles. The van der Waals surface area contributed by atoms with Crippen molar-refractivity contribution in [3.05, 3.63) is 27.7 Å². The molecule has 2 aliphatic carbocycles. The van der Waals surface area contributed by atoms with Gasteiger partial charge >= 0.3 is 0 Å². The van der Waals surface area contributed by atoms with E-state index in [2.05, 4.69) is 28.1 Å². The van der Waals surface area contributed by atoms with E-state index in [0.29, 0.717) is 5.92 Å². The Morgan fingerprint density at radius 3 is 2.89 bits per heavy atom. The van der Waals surface area contributed by atoms with Gasteiger partial charge in [0, 0.05) is 17.3 Å². The van der Waals surface area contributed by atoms with E-state index < -0.39 is 0 Å². The molecule has 3 unspecified atom stereocenters. The van der Waals surface area contributed by atoms with Gasteiger partial charge in [-0.1, -0.05) is 22.4 Å². The number of ether oxygens (including phenoxy) is 1. The highest BCUT2D eigenvalue weighted by Gasteiger charge is 2.55. The lowest BCUT2D eigenvalue weighted by molar-refractivity contribution is 0.134. The largest absolute Gasteiger partial charge is 0.493 e. The molecule has 3 aliphatic rings. The number of rotatable bonds is 3. The lowest BCUT2D eigenvalue weighted by atomic mass is 9.97. The smallest absolute Gasteiger partial charge is 0.125 e. The van der Waals surface area contributed by atoms with Crippen molar-refractivity contribution in [3.63, 3.8) is 0 Å². The minimum Gasteiger partial charge on any atom is -0.493 e. The van der Waals surface area contributed by atoms with E-state index in [0.717, 1.165) is 41.5 Å². The molecule has 3 heteroatoms. The van der Waals surface area contributed by atoms with Gasteiger partial charge in [-0.25, -0.2) is 0 Å². The van der Waals surface area contributed by atoms with Gasteiger partial charge in [-0.05, 0) is 53.9 Å². The van der Waals surface area contributed by atoms with Crippen LogP contribution >= 0.6 is 15.9 Å². The fraction of sp³-hybridized carbons (Fsp3) is 0.625. The molecule has 0 radical (unpaired) electrons. The van der Waals surface area contributed by atoms with Crippen molar-refractivity contribution in [2.24, 2.45) is 17.8 Å². The van der Waals surface area contributed by atoms with E-state index in [1.54, 1.807) is 0 Å². The van der Waals surface area contributed by atoms with Gasteiger partial charge in [0.1, 0.15) is 5.75 Å². The summed E-state index contributed by atoms with van der Waals surface area (Å²) in [6, 6.07) is 4.26. The summed E-state index contributed by atoms with van der Waals surface area (Å²) in [5, 5.41) is 10.5. The summed E-state index contributed by atoms with van der Waals surface area (Å²) in [4.78, 5) is 0. The van der Waals surface area contributed by atoms with Crippen LogP contribution in [0.3, 0.4) is 0 Å². The molecule has 3 atom stereocenters. The van der Waals surface area contributed by atoms with Gasteiger partial charge in [0.15, 0.2) is 0 Å². The van der Waals surface area contributed by atoms with E-state index in [1.807, 2.05) is 0 Å². The number of aliphatic hydroxyl groups is 1. The van der Waals surface area contributed by atoms with Crippen molar-refractivity contribution in [2.45, 2.75) is 38.2 Å². The summed E-state index contributed by atoms with van der Waals surface area (Å²) in [5.74, 6) is 3.23. The van der Waals surface area contributed by atoms with E-state index >= 15 is 0 Å². The van der Waals surface area contributed by atoms with Crippen molar-refractivity contribution >= 4 is 15.9 Å². The quantitative estimate of drug-likeness (QED) is 0.924. The Labute approximate surface area is 122 Å². The summed E-state index contributed by atoms with van der Waals surface area (Å²) >= 11 is 3.57. The third-order valence-electron chi connectivity index (χ3n) is 5.17. The molecular weight excluding hydrogens is 304 g/mol. The molecule has 1 aromatic rings. The van der Waals surface area contributed by atoms with Crippen LogP contribution in [0.2, 0.25) is 0 Å². The number of hydrogen-bond acceptors (Lipinski definition) is 2. The minimum absolute atomic E-state index is 0.183. The van der Waals surface area contributed by atoms with Crippen LogP contribution in [0.25, 0.3) is 0 Å². The van der Waals surface area contributed by atoms with Crippen LogP contribution in [0.5, 0.6) is 5.75 Å². The summed E-state index contributed by atoms with van der Waals surface area (Å²) in [7, 11) is 0. The van der Waals surface area contributed by atoms with Crippen molar-refractivity contribution in [2.75, 3.05) is 6.61 Å². The highest BCUT2D eigenvalue weighted by atomic mass is 79.9. The standard InChI is InChI=1S/C16H19BrO2/c17-11-6-9-4-5-19-16(9)10(7-11)8-14(18)15-12-2-1-3-13(12)15/h6-7,12-15,18H,1-5,8H2. The lowest BCUT2D eigenvalue weighted by Crippen LogP contribution is -2.16. The number of aliphatic hydroxyl groups excluding tert-OH is 1. The van der Waals surface area contributed by atoms with Crippen LogP contribution in [0.1, 0.15) is 30.4 Å². The Hall–Kier alpha value is -0.540. The Kier molecular flexibility index (Phi) is 2.89. The van der Waals surface area contributed by atoms with Gasteiger partial charge in [0.05, 0.1) is 12.7 Å². The van der Waals surface area contributed by atoms with Crippen molar-refractivity contribution in [1.29, 1.82) is 0 Å². The van der Waals surface area contributed by atoms with Gasteiger partial charge in [0.2, 0.25) is 0 Å². The molecule has 1 aliphatic heterocycles. The highest BCUT2D eigenvalue weighted by molar-refractivity contribution is 9.10. The lowest BCUT2D eigenvalue weighted by Gasteiger charge is -2.15. The maximum atomic E-state index is 10.5. The predicted octanol–water partition coefficient (Wildman–Crippen LogP) is 3.33. The molecule has 19 heavy (non-hydrogen) atoms. The first-order valence-electron chi connectivity index (χ1n) is 7.36. The maximum absolute atomic E-state index is 10.5. The molecule has 0 amide bonds.